The van der Waals surface area contributed by atoms with Crippen molar-refractivity contribution in [2.24, 2.45) is 0 Å². The summed E-state index contributed by atoms with van der Waals surface area (Å²) in [4.78, 5) is 25.3. The molecule has 3 rings (SSSR count). The number of methoxy groups -OCH3 is 1. The summed E-state index contributed by atoms with van der Waals surface area (Å²) in [6.07, 6.45) is 1.54. The van der Waals surface area contributed by atoms with Crippen LogP contribution in [0.4, 0.5) is 8.78 Å². The summed E-state index contributed by atoms with van der Waals surface area (Å²) in [6.45, 7) is -2.91. The average molecular weight is 436 g/mol. The molecule has 1 aliphatic rings. The molecule has 6 nitrogen and oxygen atoms in total. The highest BCUT2D eigenvalue weighted by Crippen LogP contribution is 2.32. The highest BCUT2D eigenvalue weighted by molar-refractivity contribution is 8.26. The Hall–Kier alpha value is -2.98. The van der Waals surface area contributed by atoms with E-state index in [2.05, 4.69) is 10.2 Å². The van der Waals surface area contributed by atoms with E-state index in [0.717, 1.165) is 16.8 Å². The van der Waals surface area contributed by atoms with Crippen LogP contribution in [0.3, 0.4) is 0 Å². The smallest absolute Gasteiger partial charge is 0.387 e. The number of hydrazine groups is 1. The monoisotopic (exact) mass is 436 g/mol. The first-order valence-electron chi connectivity index (χ1n) is 8.15. The summed E-state index contributed by atoms with van der Waals surface area (Å²) in [6, 6.07) is 12.2. The van der Waals surface area contributed by atoms with Gasteiger partial charge in [-0.2, -0.15) is 13.8 Å². The number of nitrogens with one attached hydrogen (secondary N) is 1. The van der Waals surface area contributed by atoms with Crippen LogP contribution in [0.5, 0.6) is 11.5 Å². The van der Waals surface area contributed by atoms with Gasteiger partial charge in [0.25, 0.3) is 11.8 Å². The molecule has 2 aromatic carbocycles. The first-order chi connectivity index (χ1) is 13.9. The minimum absolute atomic E-state index is 0.00949. The van der Waals surface area contributed by atoms with Gasteiger partial charge in [-0.05, 0) is 54.2 Å². The van der Waals surface area contributed by atoms with Crippen molar-refractivity contribution in [3.8, 4) is 11.5 Å². The Morgan fingerprint density at radius 2 is 1.93 bits per heavy atom. The van der Waals surface area contributed by atoms with Crippen LogP contribution in [0, 0.1) is 0 Å². The summed E-state index contributed by atoms with van der Waals surface area (Å²) in [5.41, 5.74) is 3.37. The van der Waals surface area contributed by atoms with Crippen LogP contribution in [0.2, 0.25) is 0 Å². The molecule has 10 heteroatoms. The fraction of sp³-hybridized carbons (Fsp3) is 0.105. The van der Waals surface area contributed by atoms with Gasteiger partial charge in [0.1, 0.15) is 11.5 Å². The number of rotatable bonds is 6. The third-order valence-corrected chi connectivity index (χ3v) is 5.04. The molecule has 2 amide bonds. The van der Waals surface area contributed by atoms with Crippen molar-refractivity contribution >= 4 is 46.2 Å². The van der Waals surface area contributed by atoms with Crippen molar-refractivity contribution in [2.75, 3.05) is 7.11 Å². The van der Waals surface area contributed by atoms with Gasteiger partial charge in [-0.1, -0.05) is 30.0 Å². The highest BCUT2D eigenvalue weighted by Gasteiger charge is 2.33. The van der Waals surface area contributed by atoms with Gasteiger partial charge < -0.3 is 9.47 Å². The molecule has 0 spiro atoms. The van der Waals surface area contributed by atoms with E-state index in [1.165, 1.54) is 37.4 Å². The van der Waals surface area contributed by atoms with Crippen LogP contribution in [0.1, 0.15) is 15.9 Å². The average Bonchev–Trinajstić information content (AvgIpc) is 2.96. The summed E-state index contributed by atoms with van der Waals surface area (Å²) < 4.78 is 34.0. The zero-order chi connectivity index (χ0) is 21.0. The van der Waals surface area contributed by atoms with Crippen LogP contribution < -0.4 is 14.9 Å². The second kappa shape index (κ2) is 9.01. The summed E-state index contributed by atoms with van der Waals surface area (Å²) >= 11 is 6.20. The Morgan fingerprint density at radius 3 is 2.59 bits per heavy atom. The van der Waals surface area contributed by atoms with Crippen LogP contribution >= 0.6 is 24.0 Å². The Kier molecular flexibility index (Phi) is 6.45. The van der Waals surface area contributed by atoms with Gasteiger partial charge in [-0.3, -0.25) is 15.0 Å². The maximum atomic E-state index is 12.6. The molecule has 0 aromatic heterocycles. The third-order valence-electron chi connectivity index (χ3n) is 3.74. The van der Waals surface area contributed by atoms with Crippen LogP contribution in [-0.4, -0.2) is 34.9 Å². The second-order valence-electron chi connectivity index (χ2n) is 5.64. The van der Waals surface area contributed by atoms with Crippen molar-refractivity contribution in [1.29, 1.82) is 0 Å². The number of hydrogen-bond acceptors (Lipinski definition) is 6. The molecule has 150 valence electrons. The maximum absolute atomic E-state index is 12.6. The number of thiocarbonyl (C=S) groups is 1. The Balaban J connectivity index is 1.72. The molecule has 1 fully saturated rings. The Labute approximate surface area is 174 Å². The molecule has 0 unspecified atom stereocenters. The van der Waals surface area contributed by atoms with Crippen molar-refractivity contribution in [3.63, 3.8) is 0 Å². The number of carbonyl (C=O) groups is 2. The van der Waals surface area contributed by atoms with Gasteiger partial charge in [0, 0.05) is 5.56 Å². The molecule has 2 aromatic rings. The predicted molar refractivity (Wildman–Crippen MR) is 109 cm³/mol. The summed E-state index contributed by atoms with van der Waals surface area (Å²) in [5.74, 6) is -0.503. The Morgan fingerprint density at radius 1 is 1.21 bits per heavy atom. The van der Waals surface area contributed by atoms with Gasteiger partial charge in [0.2, 0.25) is 0 Å². The van der Waals surface area contributed by atoms with Crippen molar-refractivity contribution in [2.45, 2.75) is 6.61 Å². The van der Waals surface area contributed by atoms with Crippen LogP contribution in [0.15, 0.2) is 53.4 Å². The topological polar surface area (TPSA) is 67.9 Å². The fourth-order valence-electron chi connectivity index (χ4n) is 2.39. The first-order valence-corrected chi connectivity index (χ1v) is 9.37. The van der Waals surface area contributed by atoms with E-state index in [9.17, 15) is 18.4 Å². The lowest BCUT2D eigenvalue weighted by Gasteiger charge is -2.15. The van der Waals surface area contributed by atoms with Crippen molar-refractivity contribution in [1.82, 2.24) is 10.4 Å². The van der Waals surface area contributed by atoms with E-state index in [1.54, 1.807) is 24.3 Å². The zero-order valence-corrected chi connectivity index (χ0v) is 16.6. The number of halogens is 2. The van der Waals surface area contributed by atoms with Gasteiger partial charge in [0.15, 0.2) is 4.32 Å². The van der Waals surface area contributed by atoms with E-state index in [0.29, 0.717) is 16.9 Å². The third kappa shape index (κ3) is 5.09. The molecule has 1 N–H and O–H groups in total. The van der Waals surface area contributed by atoms with Gasteiger partial charge in [-0.15, -0.1) is 0 Å². The molecular formula is C19H14F2N2O4S2. The molecule has 1 heterocycles. The minimum Gasteiger partial charge on any atom is -0.497 e. The molecule has 0 saturated carbocycles. The summed E-state index contributed by atoms with van der Waals surface area (Å²) in [5, 5.41) is 0.988. The van der Waals surface area contributed by atoms with E-state index in [1.807, 2.05) is 0 Å². The molecule has 29 heavy (non-hydrogen) atoms. The number of ether oxygens (including phenoxy) is 2. The minimum atomic E-state index is -2.91. The van der Waals surface area contributed by atoms with E-state index >= 15 is 0 Å². The SMILES string of the molecule is COc1cccc(C(=O)NN2C(=O)/C(=C\c3ccc(OC(F)F)cc3)SC2=S)c1. The van der Waals surface area contributed by atoms with E-state index < -0.39 is 18.4 Å². The molecule has 1 saturated heterocycles. The molecular weight excluding hydrogens is 422 g/mol. The quantitative estimate of drug-likeness (QED) is 0.548. The van der Waals surface area contributed by atoms with Gasteiger partial charge >= 0.3 is 6.61 Å². The lowest BCUT2D eigenvalue weighted by molar-refractivity contribution is -0.123. The Bertz CT molecular complexity index is 980. The first kappa shape index (κ1) is 20.7. The number of nitrogens with zero attached hydrogens (tertiary/aromatic N) is 1. The lowest BCUT2D eigenvalue weighted by Crippen LogP contribution is -2.44. The standard InChI is InChI=1S/C19H14F2N2O4S2/c1-26-14-4-2-3-12(10-14)16(24)22-23-17(25)15(29-19(23)28)9-11-5-7-13(8-6-11)27-18(20)21/h2-10,18H,1H3,(H,22,24)/b15-9+. The van der Waals surface area contributed by atoms with Crippen LogP contribution in [0.25, 0.3) is 6.08 Å². The fourth-order valence-corrected chi connectivity index (χ4v) is 3.57. The molecule has 1 aliphatic heterocycles. The predicted octanol–water partition coefficient (Wildman–Crippen LogP) is 3.84. The summed E-state index contributed by atoms with van der Waals surface area (Å²) in [7, 11) is 1.48. The number of thioether (sulfide) groups is 1. The van der Waals surface area contributed by atoms with Gasteiger partial charge in [-0.25, -0.2) is 0 Å². The molecule has 0 atom stereocenters. The van der Waals surface area contributed by atoms with Crippen molar-refractivity contribution in [3.05, 3.63) is 64.6 Å². The van der Waals surface area contributed by atoms with E-state index in [4.69, 9.17) is 17.0 Å². The van der Waals surface area contributed by atoms with Crippen LogP contribution in [-0.2, 0) is 4.79 Å². The second-order valence-corrected chi connectivity index (χ2v) is 7.31. The maximum Gasteiger partial charge on any atom is 0.387 e. The number of amides is 2. The molecule has 0 bridgehead atoms. The molecule has 0 aliphatic carbocycles. The number of carbonyl (C=O) groups excluding carboxylic acids is 2. The van der Waals surface area contributed by atoms with Gasteiger partial charge in [0.05, 0.1) is 12.0 Å². The normalized spacial score (nSPS) is 15.2. The van der Waals surface area contributed by atoms with E-state index in [-0.39, 0.29) is 15.0 Å². The lowest BCUT2D eigenvalue weighted by atomic mass is 10.2. The number of alkyl halides is 2. The molecule has 0 radical (unpaired) electrons. The van der Waals surface area contributed by atoms with Crippen molar-refractivity contribution < 1.29 is 27.8 Å². The highest BCUT2D eigenvalue weighted by atomic mass is 32.2. The number of hydrogen-bond donors (Lipinski definition) is 1. The zero-order valence-electron chi connectivity index (χ0n) is 14.9. The largest absolute Gasteiger partial charge is 0.497 e. The number of benzene rings is 2.